The third kappa shape index (κ3) is 10.1. The molecule has 0 radical (unpaired) electrons. The highest BCUT2D eigenvalue weighted by Crippen LogP contribution is 2.16. The van der Waals surface area contributed by atoms with Crippen LogP contribution in [0.25, 0.3) is 0 Å². The summed E-state index contributed by atoms with van der Waals surface area (Å²) in [5.74, 6) is 0.341. The van der Waals surface area contributed by atoms with Crippen molar-refractivity contribution in [3.8, 4) is 6.07 Å². The zero-order chi connectivity index (χ0) is 34.6. The number of benzene rings is 2. The van der Waals surface area contributed by atoms with Crippen LogP contribution in [0.1, 0.15) is 56.5 Å². The first-order chi connectivity index (χ1) is 22.4. The van der Waals surface area contributed by atoms with Gasteiger partial charge in [0.15, 0.2) is 0 Å². The number of hydrazone groups is 2. The van der Waals surface area contributed by atoms with E-state index < -0.39 is 26.0 Å². The number of amides is 1. The number of carbonyl (C=O) groups excluding carboxylic acids is 1. The standard InChI is InChI=1S/C15H21N5O3S.C15H19N5O2S/c1-3-11-9-18-20(10-11)15(17-4-2)19-24(22,23)13-7-5-12(6-8-13)14(16)21;1-3-12-10-18-20(11-12)15(17-4-2)19-23(21,22)14-7-5-13(9-16)6-8-14/h5-9,11H,3-4,10H2,1-2H3,(H2,16,21)(H,17,19);5-8,10,12H,3-4,11H2,1-2H3,(H,17,19). The maximum absolute atomic E-state index is 12.5. The van der Waals surface area contributed by atoms with Gasteiger partial charge in [0.2, 0.25) is 17.8 Å². The molecule has 2 heterocycles. The van der Waals surface area contributed by atoms with Crippen LogP contribution in [0.5, 0.6) is 0 Å². The van der Waals surface area contributed by atoms with E-state index in [0.717, 1.165) is 12.8 Å². The zero-order valence-corrected chi connectivity index (χ0v) is 28.4. The van der Waals surface area contributed by atoms with Crippen LogP contribution in [0.4, 0.5) is 0 Å². The molecule has 0 bridgehead atoms. The van der Waals surface area contributed by atoms with Crippen LogP contribution in [-0.4, -0.2) is 83.3 Å². The SMILES string of the molecule is CCN=C(NS(=O)(=O)c1ccc(C#N)cc1)N1CC(CC)C=N1.CCN=C(NS(=O)(=O)c1ccc(C(N)=O)cc1)N1CC(CC)C=N1. The Morgan fingerprint density at radius 2 is 1.21 bits per heavy atom. The molecule has 2 aromatic carbocycles. The largest absolute Gasteiger partial charge is 0.366 e. The van der Waals surface area contributed by atoms with E-state index in [2.05, 4.69) is 36.6 Å². The Bertz CT molecular complexity index is 1770. The Morgan fingerprint density at radius 1 is 0.809 bits per heavy atom. The van der Waals surface area contributed by atoms with Gasteiger partial charge in [0.1, 0.15) is 0 Å². The Balaban J connectivity index is 0.000000256. The summed E-state index contributed by atoms with van der Waals surface area (Å²) in [5.41, 5.74) is 5.80. The molecule has 2 aliphatic rings. The quantitative estimate of drug-likeness (QED) is 0.263. The van der Waals surface area contributed by atoms with Crippen molar-refractivity contribution in [3.05, 3.63) is 59.7 Å². The number of rotatable bonds is 9. The summed E-state index contributed by atoms with van der Waals surface area (Å²) < 4.78 is 54.9. The first-order valence-corrected chi connectivity index (χ1v) is 18.0. The molecule has 2 aliphatic heterocycles. The van der Waals surface area contributed by atoms with Crippen LogP contribution < -0.4 is 15.2 Å². The lowest BCUT2D eigenvalue weighted by Gasteiger charge is -2.19. The van der Waals surface area contributed by atoms with Gasteiger partial charge in [-0.05, 0) is 75.2 Å². The van der Waals surface area contributed by atoms with Crippen molar-refractivity contribution in [2.45, 2.75) is 50.3 Å². The Hall–Kier alpha value is -4.82. The number of guanidine groups is 2. The van der Waals surface area contributed by atoms with E-state index >= 15 is 0 Å². The summed E-state index contributed by atoms with van der Waals surface area (Å²) in [7, 11) is -7.61. The molecule has 2 atom stereocenters. The van der Waals surface area contributed by atoms with Crippen molar-refractivity contribution in [2.24, 2.45) is 37.8 Å². The van der Waals surface area contributed by atoms with E-state index in [1.54, 1.807) is 22.4 Å². The molecule has 15 nitrogen and oxygen atoms in total. The minimum Gasteiger partial charge on any atom is -0.366 e. The van der Waals surface area contributed by atoms with E-state index in [4.69, 9.17) is 11.0 Å². The molecular weight excluding hydrogens is 645 g/mol. The van der Waals surface area contributed by atoms with Gasteiger partial charge in [-0.25, -0.2) is 36.3 Å². The number of carbonyl (C=O) groups is 1. The topological polar surface area (TPSA) is 215 Å². The summed E-state index contributed by atoms with van der Waals surface area (Å²) in [6, 6.07) is 13.1. The lowest BCUT2D eigenvalue weighted by molar-refractivity contribution is 0.1000. The number of sulfonamides is 2. The van der Waals surface area contributed by atoms with Crippen molar-refractivity contribution in [1.29, 1.82) is 5.26 Å². The number of nitrogens with two attached hydrogens (primary N) is 1. The number of hydrogen-bond donors (Lipinski definition) is 3. The molecular formula is C30H40N10O5S2. The average molecular weight is 685 g/mol. The normalized spacial score (nSPS) is 18.0. The van der Waals surface area contributed by atoms with Crippen molar-refractivity contribution < 1.29 is 21.6 Å². The van der Waals surface area contributed by atoms with E-state index in [1.807, 2.05) is 26.8 Å². The zero-order valence-electron chi connectivity index (χ0n) is 26.7. The molecule has 1 amide bonds. The highest BCUT2D eigenvalue weighted by Gasteiger charge is 2.26. The summed E-state index contributed by atoms with van der Waals surface area (Å²) in [5, 5.41) is 20.3. The van der Waals surface area contributed by atoms with Crippen molar-refractivity contribution >= 4 is 50.3 Å². The number of nitrogens with zero attached hydrogens (tertiary/aromatic N) is 7. The summed E-state index contributed by atoms with van der Waals surface area (Å²) >= 11 is 0. The molecule has 2 unspecified atom stereocenters. The Labute approximate surface area is 276 Å². The van der Waals surface area contributed by atoms with E-state index in [1.165, 1.54) is 48.5 Å². The van der Waals surface area contributed by atoms with E-state index in [-0.39, 0.29) is 39.1 Å². The predicted molar refractivity (Wildman–Crippen MR) is 181 cm³/mol. The first-order valence-electron chi connectivity index (χ1n) is 15.0. The molecule has 17 heteroatoms. The molecule has 0 fully saturated rings. The predicted octanol–water partition coefficient (Wildman–Crippen LogP) is 2.31. The van der Waals surface area contributed by atoms with E-state index in [9.17, 15) is 21.6 Å². The maximum atomic E-state index is 12.5. The number of nitriles is 1. The van der Waals surface area contributed by atoms with Gasteiger partial charge in [-0.1, -0.05) is 13.8 Å². The van der Waals surface area contributed by atoms with Crippen LogP contribution in [0.3, 0.4) is 0 Å². The van der Waals surface area contributed by atoms with Crippen molar-refractivity contribution in [3.63, 3.8) is 0 Å². The second kappa shape index (κ2) is 16.7. The fraction of sp³-hybridized carbons (Fsp3) is 0.400. The van der Waals surface area contributed by atoms with Crippen LogP contribution in [0.15, 0.2) is 78.5 Å². The molecule has 0 spiro atoms. The van der Waals surface area contributed by atoms with Crippen LogP contribution in [0, 0.1) is 23.2 Å². The monoisotopic (exact) mass is 684 g/mol. The molecule has 0 saturated carbocycles. The Morgan fingerprint density at radius 3 is 1.53 bits per heavy atom. The second-order valence-electron chi connectivity index (χ2n) is 10.4. The van der Waals surface area contributed by atoms with Gasteiger partial charge in [-0.2, -0.15) is 15.5 Å². The number of nitrogens with one attached hydrogen (secondary N) is 2. The maximum Gasteiger partial charge on any atom is 0.264 e. The van der Waals surface area contributed by atoms with Gasteiger partial charge < -0.3 is 5.73 Å². The van der Waals surface area contributed by atoms with Crippen molar-refractivity contribution in [2.75, 3.05) is 26.2 Å². The lowest BCUT2D eigenvalue weighted by Crippen LogP contribution is -2.41. The van der Waals surface area contributed by atoms with Gasteiger partial charge in [0, 0.05) is 42.9 Å². The molecule has 2 aromatic rings. The molecule has 47 heavy (non-hydrogen) atoms. The molecule has 0 saturated heterocycles. The number of primary amides is 1. The van der Waals surface area contributed by atoms with Gasteiger partial charge >= 0.3 is 0 Å². The molecule has 252 valence electrons. The first kappa shape index (κ1) is 36.6. The highest BCUT2D eigenvalue weighted by molar-refractivity contribution is 7.90. The number of hydrogen-bond acceptors (Lipinski definition) is 10. The van der Waals surface area contributed by atoms with Crippen molar-refractivity contribution in [1.82, 2.24) is 19.5 Å². The third-order valence-corrected chi connectivity index (χ3v) is 9.68. The summed E-state index contributed by atoms with van der Waals surface area (Å²) in [6.45, 7) is 9.78. The lowest BCUT2D eigenvalue weighted by atomic mass is 10.1. The summed E-state index contributed by atoms with van der Waals surface area (Å²) in [4.78, 5) is 19.6. The highest BCUT2D eigenvalue weighted by atomic mass is 32.2. The minimum atomic E-state index is -3.83. The van der Waals surface area contributed by atoms with Crippen LogP contribution >= 0.6 is 0 Å². The molecule has 0 aliphatic carbocycles. The van der Waals surface area contributed by atoms with Gasteiger partial charge in [-0.3, -0.25) is 14.8 Å². The summed E-state index contributed by atoms with van der Waals surface area (Å²) in [6.07, 6.45) is 5.45. The van der Waals surface area contributed by atoms with Crippen LogP contribution in [0.2, 0.25) is 0 Å². The molecule has 4 N–H and O–H groups in total. The average Bonchev–Trinajstić information content (AvgIpc) is 3.75. The fourth-order valence-corrected chi connectivity index (χ4v) is 6.28. The van der Waals surface area contributed by atoms with Gasteiger partial charge in [-0.15, -0.1) is 0 Å². The number of aliphatic imine (C=N–C) groups is 2. The third-order valence-electron chi connectivity index (χ3n) is 7.00. The second-order valence-corrected chi connectivity index (χ2v) is 13.7. The fourth-order valence-electron chi connectivity index (χ4n) is 4.23. The van der Waals surface area contributed by atoms with Gasteiger partial charge in [0.25, 0.3) is 20.0 Å². The smallest absolute Gasteiger partial charge is 0.264 e. The molecule has 4 rings (SSSR count). The molecule has 0 aromatic heterocycles. The van der Waals surface area contributed by atoms with Gasteiger partial charge in [0.05, 0.1) is 34.5 Å². The van der Waals surface area contributed by atoms with E-state index in [0.29, 0.717) is 31.7 Å². The minimum absolute atomic E-state index is 0.0199. The van der Waals surface area contributed by atoms with Crippen LogP contribution in [-0.2, 0) is 20.0 Å². The Kier molecular flexibility index (Phi) is 13.0.